The van der Waals surface area contributed by atoms with Crippen molar-refractivity contribution >= 4 is 22.6 Å². The SMILES string of the molecule is NC1=NC2(c3cc(N)ccc3F)COCC2CS1. The molecule has 1 aromatic carbocycles. The molecule has 2 aliphatic heterocycles. The predicted molar refractivity (Wildman–Crippen MR) is 70.9 cm³/mol. The number of ether oxygens (including phenoxy) is 1. The van der Waals surface area contributed by atoms with Gasteiger partial charge in [0.2, 0.25) is 0 Å². The Hall–Kier alpha value is -1.27. The van der Waals surface area contributed by atoms with Gasteiger partial charge in [-0.05, 0) is 18.2 Å². The number of thioether (sulfide) groups is 1. The molecule has 2 aliphatic rings. The molecule has 1 aromatic rings. The van der Waals surface area contributed by atoms with Crippen molar-refractivity contribution in [2.45, 2.75) is 5.54 Å². The van der Waals surface area contributed by atoms with Gasteiger partial charge in [-0.1, -0.05) is 11.8 Å². The van der Waals surface area contributed by atoms with Crippen molar-refractivity contribution in [3.05, 3.63) is 29.6 Å². The molecule has 0 amide bonds. The number of aliphatic imine (C=N–C) groups is 1. The van der Waals surface area contributed by atoms with Gasteiger partial charge in [-0.3, -0.25) is 0 Å². The number of nitrogens with two attached hydrogens (primary N) is 2. The first-order chi connectivity index (χ1) is 8.62. The zero-order chi connectivity index (χ0) is 12.8. The third kappa shape index (κ3) is 1.67. The van der Waals surface area contributed by atoms with E-state index in [-0.39, 0.29) is 11.7 Å². The first kappa shape index (κ1) is 11.8. The van der Waals surface area contributed by atoms with Gasteiger partial charge in [0.1, 0.15) is 11.4 Å². The number of nitrogen functional groups attached to an aromatic ring is 1. The van der Waals surface area contributed by atoms with E-state index in [1.807, 2.05) is 0 Å². The van der Waals surface area contributed by atoms with E-state index in [1.165, 1.54) is 17.8 Å². The number of benzene rings is 1. The summed E-state index contributed by atoms with van der Waals surface area (Å²) in [6.07, 6.45) is 0. The van der Waals surface area contributed by atoms with Crippen molar-refractivity contribution < 1.29 is 9.13 Å². The number of rotatable bonds is 1. The van der Waals surface area contributed by atoms with E-state index >= 15 is 0 Å². The second-order valence-corrected chi connectivity index (χ2v) is 5.68. The van der Waals surface area contributed by atoms with Gasteiger partial charge in [-0.2, -0.15) is 0 Å². The maximum absolute atomic E-state index is 14.1. The van der Waals surface area contributed by atoms with E-state index in [0.29, 0.717) is 29.6 Å². The summed E-state index contributed by atoms with van der Waals surface area (Å²) in [6.45, 7) is 0.942. The molecule has 1 saturated heterocycles. The molecule has 0 saturated carbocycles. The molecular formula is C12H14FN3OS. The molecule has 18 heavy (non-hydrogen) atoms. The Morgan fingerprint density at radius 3 is 3.11 bits per heavy atom. The summed E-state index contributed by atoms with van der Waals surface area (Å²) in [6, 6.07) is 4.57. The lowest BCUT2D eigenvalue weighted by atomic mass is 9.81. The minimum Gasteiger partial charge on any atom is -0.399 e. The standard InChI is InChI=1S/C12H14FN3OS/c13-10-2-1-8(14)3-9(10)12-6-17-4-7(12)5-18-11(15)16-12/h1-3,7H,4-6,14H2,(H2,15,16). The van der Waals surface area contributed by atoms with Crippen LogP contribution in [0.2, 0.25) is 0 Å². The molecule has 2 unspecified atom stereocenters. The molecule has 2 atom stereocenters. The maximum atomic E-state index is 14.1. The Bertz CT molecular complexity index is 522. The van der Waals surface area contributed by atoms with Gasteiger partial charge >= 0.3 is 0 Å². The van der Waals surface area contributed by atoms with Crippen LogP contribution in [-0.2, 0) is 10.3 Å². The van der Waals surface area contributed by atoms with Crippen LogP contribution in [0.4, 0.5) is 10.1 Å². The Labute approximate surface area is 109 Å². The van der Waals surface area contributed by atoms with E-state index in [4.69, 9.17) is 16.2 Å². The van der Waals surface area contributed by atoms with Crippen molar-refractivity contribution in [1.29, 1.82) is 0 Å². The molecule has 4 N–H and O–H groups in total. The van der Waals surface area contributed by atoms with Crippen LogP contribution >= 0.6 is 11.8 Å². The van der Waals surface area contributed by atoms with E-state index < -0.39 is 5.54 Å². The van der Waals surface area contributed by atoms with Crippen LogP contribution in [0.1, 0.15) is 5.56 Å². The number of anilines is 1. The van der Waals surface area contributed by atoms with Crippen LogP contribution in [-0.4, -0.2) is 24.1 Å². The van der Waals surface area contributed by atoms with Gasteiger partial charge in [0.05, 0.1) is 13.2 Å². The molecule has 0 aliphatic carbocycles. The van der Waals surface area contributed by atoms with Crippen molar-refractivity contribution in [1.82, 2.24) is 0 Å². The fourth-order valence-corrected chi connectivity index (χ4v) is 3.54. The first-order valence-electron chi connectivity index (χ1n) is 5.73. The van der Waals surface area contributed by atoms with Gasteiger partial charge in [0.15, 0.2) is 5.17 Å². The number of fused-ring (bicyclic) bond motifs is 1. The highest BCUT2D eigenvalue weighted by atomic mass is 32.2. The van der Waals surface area contributed by atoms with Crippen molar-refractivity contribution in [3.63, 3.8) is 0 Å². The van der Waals surface area contributed by atoms with Gasteiger partial charge in [0.25, 0.3) is 0 Å². The molecule has 4 nitrogen and oxygen atoms in total. The number of amidine groups is 1. The fraction of sp³-hybridized carbons (Fsp3) is 0.417. The average molecular weight is 267 g/mol. The molecule has 0 radical (unpaired) electrons. The van der Waals surface area contributed by atoms with Crippen LogP contribution in [0.15, 0.2) is 23.2 Å². The predicted octanol–water partition coefficient (Wildman–Crippen LogP) is 1.31. The second kappa shape index (κ2) is 4.13. The Morgan fingerprint density at radius 1 is 1.44 bits per heavy atom. The number of nitrogens with zero attached hydrogens (tertiary/aromatic N) is 1. The Morgan fingerprint density at radius 2 is 2.28 bits per heavy atom. The summed E-state index contributed by atoms with van der Waals surface area (Å²) in [5, 5.41) is 0.485. The summed E-state index contributed by atoms with van der Waals surface area (Å²) in [7, 11) is 0. The summed E-state index contributed by atoms with van der Waals surface area (Å²) in [5.41, 5.74) is 11.9. The molecule has 2 heterocycles. The van der Waals surface area contributed by atoms with Gasteiger partial charge in [-0.15, -0.1) is 0 Å². The topological polar surface area (TPSA) is 73.6 Å². The van der Waals surface area contributed by atoms with Crippen LogP contribution in [0.5, 0.6) is 0 Å². The van der Waals surface area contributed by atoms with Crippen molar-refractivity contribution in [3.8, 4) is 0 Å². The van der Waals surface area contributed by atoms with Crippen molar-refractivity contribution in [2.24, 2.45) is 16.6 Å². The molecular weight excluding hydrogens is 253 g/mol. The third-order valence-corrected chi connectivity index (χ3v) is 4.47. The second-order valence-electron chi connectivity index (χ2n) is 4.64. The molecule has 96 valence electrons. The maximum Gasteiger partial charge on any atom is 0.154 e. The average Bonchev–Trinajstić information content (AvgIpc) is 2.76. The zero-order valence-electron chi connectivity index (χ0n) is 9.73. The zero-order valence-corrected chi connectivity index (χ0v) is 10.5. The molecule has 0 aromatic heterocycles. The fourth-order valence-electron chi connectivity index (χ4n) is 2.57. The summed E-state index contributed by atoms with van der Waals surface area (Å²) in [4.78, 5) is 4.48. The largest absolute Gasteiger partial charge is 0.399 e. The molecule has 6 heteroatoms. The van der Waals surface area contributed by atoms with E-state index in [0.717, 1.165) is 5.75 Å². The van der Waals surface area contributed by atoms with Crippen LogP contribution in [0.25, 0.3) is 0 Å². The summed E-state index contributed by atoms with van der Waals surface area (Å²) >= 11 is 1.49. The van der Waals surface area contributed by atoms with E-state index in [1.54, 1.807) is 12.1 Å². The summed E-state index contributed by atoms with van der Waals surface area (Å²) in [5.74, 6) is 0.637. The molecule has 0 bridgehead atoms. The minimum absolute atomic E-state index is 0.145. The quantitative estimate of drug-likeness (QED) is 0.752. The highest BCUT2D eigenvalue weighted by molar-refractivity contribution is 8.13. The monoisotopic (exact) mass is 267 g/mol. The summed E-state index contributed by atoms with van der Waals surface area (Å²) < 4.78 is 19.6. The smallest absolute Gasteiger partial charge is 0.154 e. The van der Waals surface area contributed by atoms with Gasteiger partial charge in [-0.25, -0.2) is 9.38 Å². The van der Waals surface area contributed by atoms with E-state index in [2.05, 4.69) is 4.99 Å². The number of hydrogen-bond donors (Lipinski definition) is 2. The Kier molecular flexibility index (Phi) is 2.71. The molecule has 1 fully saturated rings. The van der Waals surface area contributed by atoms with E-state index in [9.17, 15) is 4.39 Å². The van der Waals surface area contributed by atoms with Gasteiger partial charge in [0, 0.05) is 22.9 Å². The number of halogens is 1. The molecule has 0 spiro atoms. The van der Waals surface area contributed by atoms with Gasteiger partial charge < -0.3 is 16.2 Å². The van der Waals surface area contributed by atoms with Crippen LogP contribution in [0.3, 0.4) is 0 Å². The number of hydrogen-bond acceptors (Lipinski definition) is 5. The highest BCUT2D eigenvalue weighted by Crippen LogP contribution is 2.45. The Balaban J connectivity index is 2.17. The third-order valence-electron chi connectivity index (χ3n) is 3.52. The normalized spacial score (nSPS) is 30.9. The first-order valence-corrected chi connectivity index (χ1v) is 6.72. The lowest BCUT2D eigenvalue weighted by Gasteiger charge is -2.34. The van der Waals surface area contributed by atoms with Crippen LogP contribution in [0, 0.1) is 11.7 Å². The molecule has 3 rings (SSSR count). The highest BCUT2D eigenvalue weighted by Gasteiger charge is 2.49. The van der Waals surface area contributed by atoms with Crippen molar-refractivity contribution in [2.75, 3.05) is 24.7 Å². The minimum atomic E-state index is -0.700. The lowest BCUT2D eigenvalue weighted by molar-refractivity contribution is 0.176. The lowest BCUT2D eigenvalue weighted by Crippen LogP contribution is -2.40. The van der Waals surface area contributed by atoms with Crippen LogP contribution < -0.4 is 11.5 Å².